The van der Waals surface area contributed by atoms with Gasteiger partial charge in [0.2, 0.25) is 0 Å². The summed E-state index contributed by atoms with van der Waals surface area (Å²) in [5, 5.41) is 25.6. The zero-order chi connectivity index (χ0) is 36.9. The van der Waals surface area contributed by atoms with Crippen LogP contribution in [0.5, 0.6) is 0 Å². The first-order valence-corrected chi connectivity index (χ1v) is 21.3. The van der Waals surface area contributed by atoms with Crippen molar-refractivity contribution in [1.29, 1.82) is 0 Å². The normalized spacial score (nSPS) is 33.2. The molecule has 272 valence electrons. The van der Waals surface area contributed by atoms with Crippen LogP contribution >= 0.6 is 47.0 Å². The highest BCUT2D eigenvalue weighted by atomic mass is 32.2. The number of carbonyl (C=O) groups excluding carboxylic acids is 4. The number of fused-ring (bicyclic) bond motifs is 6. The van der Waals surface area contributed by atoms with Crippen LogP contribution in [-0.4, -0.2) is 143 Å². The van der Waals surface area contributed by atoms with E-state index in [9.17, 15) is 29.4 Å². The lowest BCUT2D eigenvalue weighted by molar-refractivity contribution is -0.165. The second-order valence-corrected chi connectivity index (χ2v) is 17.8. The van der Waals surface area contributed by atoms with Crippen LogP contribution in [0.1, 0.15) is 17.5 Å². The predicted octanol–water partition coefficient (Wildman–Crippen LogP) is 2.54. The van der Waals surface area contributed by atoms with Crippen LogP contribution in [0.25, 0.3) is 10.9 Å². The smallest absolute Gasteiger partial charge is 0.264 e. The Kier molecular flexibility index (Phi) is 8.74. The van der Waals surface area contributed by atoms with Gasteiger partial charge in [-0.1, -0.05) is 36.4 Å². The van der Waals surface area contributed by atoms with Gasteiger partial charge in [-0.2, -0.15) is 0 Å². The van der Waals surface area contributed by atoms with Gasteiger partial charge >= 0.3 is 0 Å². The molecule has 0 radical (unpaired) electrons. The summed E-state index contributed by atoms with van der Waals surface area (Å²) in [6.07, 6.45) is 8.81. The molecule has 12 nitrogen and oxygen atoms in total. The number of benzene rings is 2. The number of thioether (sulfide) groups is 4. The Balaban J connectivity index is 1.46. The highest BCUT2D eigenvalue weighted by molar-refractivity contribution is 8.02. The maximum atomic E-state index is 14.8. The fourth-order valence-electron chi connectivity index (χ4n) is 8.89. The molecule has 3 N–H and O–H groups in total. The molecule has 3 fully saturated rings. The van der Waals surface area contributed by atoms with E-state index in [0.29, 0.717) is 0 Å². The van der Waals surface area contributed by atoms with E-state index < -0.39 is 44.4 Å². The molecule has 4 aliphatic rings. The first-order chi connectivity index (χ1) is 24.3. The zero-order valence-electron chi connectivity index (χ0n) is 29.5. The summed E-state index contributed by atoms with van der Waals surface area (Å²) in [5.41, 5.74) is 2.42. The van der Waals surface area contributed by atoms with Crippen LogP contribution in [-0.2, 0) is 31.1 Å². The number of anilines is 1. The number of rotatable bonds is 9. The maximum absolute atomic E-state index is 14.8. The maximum Gasteiger partial charge on any atom is 0.264 e. The number of aliphatic hydroxyl groups excluding tert-OH is 2. The van der Waals surface area contributed by atoms with Crippen LogP contribution in [0, 0.1) is 0 Å². The molecule has 3 saturated heterocycles. The minimum absolute atomic E-state index is 0.164. The van der Waals surface area contributed by atoms with Crippen molar-refractivity contribution in [2.45, 2.75) is 44.0 Å². The number of nitrogens with one attached hydrogen (secondary N) is 1. The first kappa shape index (κ1) is 36.3. The Hall–Kier alpha value is -3.02. The monoisotopic (exact) mass is 770 g/mol. The Morgan fingerprint density at radius 3 is 1.90 bits per heavy atom. The van der Waals surface area contributed by atoms with E-state index in [1.54, 1.807) is 38.6 Å². The van der Waals surface area contributed by atoms with Gasteiger partial charge in [-0.3, -0.25) is 24.1 Å². The summed E-state index contributed by atoms with van der Waals surface area (Å²) in [5.74, 6) is -1.27. The minimum atomic E-state index is -1.50. The third-order valence-electron chi connectivity index (χ3n) is 11.8. The quantitative estimate of drug-likeness (QED) is 0.296. The van der Waals surface area contributed by atoms with Crippen LogP contribution in [0.2, 0.25) is 0 Å². The number of hydrogen-bond donors (Lipinski definition) is 3. The number of piperazine rings is 2. The molecular formula is C35H42N6O6S4. The number of likely N-dealkylation sites (N-methyl/N-ethyl adjacent to an activating group) is 3. The number of aromatic nitrogens is 1. The van der Waals surface area contributed by atoms with Crippen molar-refractivity contribution in [3.63, 3.8) is 0 Å². The molecule has 6 unspecified atom stereocenters. The molecule has 51 heavy (non-hydrogen) atoms. The van der Waals surface area contributed by atoms with Gasteiger partial charge in [0.1, 0.15) is 11.7 Å². The number of carbonyl (C=O) groups is 4. The Labute approximate surface area is 314 Å². The predicted molar refractivity (Wildman–Crippen MR) is 205 cm³/mol. The SMILES string of the molecule is CSC1(CO)C(=O)N(C)C(Cc2cn(C34CC5(SC)C(=O)N(C)C(CO)(SC)C(=O)N5C3Nc3ccccc34)c3ccccc23)(SC)C(=O)N1C. The summed E-state index contributed by atoms with van der Waals surface area (Å²) < 4.78 is 2.16. The fraction of sp³-hybridized carbons (Fsp3) is 0.486. The number of aliphatic hydroxyl groups is 2. The number of amides is 4. The van der Waals surface area contributed by atoms with Crippen LogP contribution in [0.15, 0.2) is 54.7 Å². The standard InChI is InChI=1S/C35H42N6O6S4/c1-37-29(46)34(19-42,50-6)38(2)27(44)32(37,48-4)16-21-17-40(25-15-11-8-12-22(21)25)31-18-33(49-5)28(45)39(3)35(20-43,51-7)30(47)41(33)26(31)36-24-14-10-9-13-23(24)31/h8-15,17,26,36,42-43H,16,18-20H2,1-7H3. The van der Waals surface area contributed by atoms with Crippen molar-refractivity contribution in [2.24, 2.45) is 0 Å². The van der Waals surface area contributed by atoms with Gasteiger partial charge in [0, 0.05) is 62.3 Å². The Bertz CT molecular complexity index is 1970. The number of hydrogen-bond acceptors (Lipinski definition) is 11. The first-order valence-electron chi connectivity index (χ1n) is 16.4. The lowest BCUT2D eigenvalue weighted by Crippen LogP contribution is -2.74. The summed E-state index contributed by atoms with van der Waals surface area (Å²) >= 11 is 4.89. The van der Waals surface area contributed by atoms with E-state index in [2.05, 4.69) is 9.88 Å². The zero-order valence-corrected chi connectivity index (χ0v) is 32.8. The Morgan fingerprint density at radius 1 is 0.725 bits per heavy atom. The molecule has 16 heteroatoms. The van der Waals surface area contributed by atoms with Gasteiger partial charge < -0.3 is 34.8 Å². The number of para-hydroxylation sites is 2. The summed E-state index contributed by atoms with van der Waals surface area (Å²) in [6.45, 7) is -1.06. The van der Waals surface area contributed by atoms with E-state index in [4.69, 9.17) is 0 Å². The molecule has 1 aromatic heterocycles. The summed E-state index contributed by atoms with van der Waals surface area (Å²) in [6, 6.07) is 15.8. The van der Waals surface area contributed by atoms with Crippen LogP contribution < -0.4 is 5.32 Å². The van der Waals surface area contributed by atoms with Crippen molar-refractivity contribution in [3.05, 3.63) is 65.9 Å². The summed E-state index contributed by atoms with van der Waals surface area (Å²) in [7, 11) is 4.79. The van der Waals surface area contributed by atoms with Gasteiger partial charge in [0.05, 0.1) is 13.2 Å². The molecule has 3 aromatic rings. The molecule has 0 saturated carbocycles. The van der Waals surface area contributed by atoms with Crippen LogP contribution in [0.3, 0.4) is 0 Å². The molecule has 6 atom stereocenters. The average molecular weight is 771 g/mol. The lowest BCUT2D eigenvalue weighted by Gasteiger charge is -2.53. The van der Waals surface area contributed by atoms with Crippen molar-refractivity contribution in [1.82, 2.24) is 24.2 Å². The van der Waals surface area contributed by atoms with Gasteiger partial charge in [-0.25, -0.2) is 0 Å². The highest BCUT2D eigenvalue weighted by Gasteiger charge is 2.74. The molecule has 0 spiro atoms. The molecule has 2 aromatic carbocycles. The molecule has 5 heterocycles. The fourth-order valence-corrected chi connectivity index (χ4v) is 12.5. The van der Waals surface area contributed by atoms with Crippen LogP contribution in [0.4, 0.5) is 5.69 Å². The second kappa shape index (κ2) is 12.3. The van der Waals surface area contributed by atoms with Crippen molar-refractivity contribution in [3.8, 4) is 0 Å². The van der Waals surface area contributed by atoms with E-state index in [1.807, 2.05) is 67.2 Å². The third-order valence-corrected chi connectivity index (χ3v) is 16.8. The third kappa shape index (κ3) is 4.23. The molecule has 7 rings (SSSR count). The van der Waals surface area contributed by atoms with E-state index in [1.165, 1.54) is 38.2 Å². The van der Waals surface area contributed by atoms with Gasteiger partial charge in [0.25, 0.3) is 23.6 Å². The van der Waals surface area contributed by atoms with E-state index in [0.717, 1.165) is 51.2 Å². The second-order valence-electron chi connectivity index (χ2n) is 13.4. The minimum Gasteiger partial charge on any atom is -0.392 e. The van der Waals surface area contributed by atoms with Crippen molar-refractivity contribution >= 4 is 87.3 Å². The van der Waals surface area contributed by atoms with Gasteiger partial charge in [-0.15, -0.1) is 47.0 Å². The molecule has 4 aliphatic heterocycles. The largest absolute Gasteiger partial charge is 0.392 e. The lowest BCUT2D eigenvalue weighted by atomic mass is 9.86. The van der Waals surface area contributed by atoms with Gasteiger partial charge in [-0.05, 0) is 42.7 Å². The molecule has 0 aliphatic carbocycles. The topological polar surface area (TPSA) is 139 Å². The molecular weight excluding hydrogens is 729 g/mol. The molecule has 0 bridgehead atoms. The van der Waals surface area contributed by atoms with Gasteiger partial charge in [0.15, 0.2) is 19.5 Å². The van der Waals surface area contributed by atoms with Crippen molar-refractivity contribution in [2.75, 3.05) is 64.7 Å². The van der Waals surface area contributed by atoms with Crippen molar-refractivity contribution < 1.29 is 29.4 Å². The molecule has 4 amide bonds. The van der Waals surface area contributed by atoms with E-state index in [-0.39, 0.29) is 36.5 Å². The Morgan fingerprint density at radius 2 is 1.27 bits per heavy atom. The van der Waals surface area contributed by atoms with E-state index >= 15 is 0 Å². The average Bonchev–Trinajstić information content (AvgIpc) is 3.78. The summed E-state index contributed by atoms with van der Waals surface area (Å²) in [4.78, 5) is 58.3. The highest BCUT2D eigenvalue weighted by Crippen LogP contribution is 2.62. The number of nitrogens with zero attached hydrogens (tertiary/aromatic N) is 5.